The maximum atomic E-state index is 12.1. The number of carbonyl (C=O) groups is 2. The summed E-state index contributed by atoms with van der Waals surface area (Å²) in [4.78, 5) is 24.7. The number of carboxylic acid groups (broad SMARTS) is 1. The van der Waals surface area contributed by atoms with E-state index in [-0.39, 0.29) is 23.2 Å². The molecule has 0 heterocycles. The zero-order chi connectivity index (χ0) is 13.2. The molecule has 4 heteroatoms. The molecule has 1 fully saturated rings. The Balaban J connectivity index is 2.52. The Labute approximate surface area is 103 Å². The fourth-order valence-electron chi connectivity index (χ4n) is 2.53. The average Bonchev–Trinajstić information content (AvgIpc) is 2.62. The first-order valence-electron chi connectivity index (χ1n) is 6.18. The van der Waals surface area contributed by atoms with Crippen LogP contribution in [0.1, 0.15) is 40.0 Å². The highest BCUT2D eigenvalue weighted by Crippen LogP contribution is 2.32. The molecule has 0 spiro atoms. The van der Waals surface area contributed by atoms with E-state index in [9.17, 15) is 9.59 Å². The number of nitrogens with zero attached hydrogens (tertiary/aromatic N) is 1. The van der Waals surface area contributed by atoms with Crippen LogP contribution in [0.4, 0.5) is 0 Å². The van der Waals surface area contributed by atoms with Gasteiger partial charge in [0, 0.05) is 19.5 Å². The molecule has 1 saturated carbocycles. The highest BCUT2D eigenvalue weighted by molar-refractivity contribution is 5.80. The zero-order valence-electron chi connectivity index (χ0n) is 11.2. The van der Waals surface area contributed by atoms with E-state index in [1.54, 1.807) is 4.90 Å². The Morgan fingerprint density at radius 3 is 2.18 bits per heavy atom. The van der Waals surface area contributed by atoms with Crippen LogP contribution in [0.25, 0.3) is 0 Å². The van der Waals surface area contributed by atoms with Crippen molar-refractivity contribution in [1.29, 1.82) is 0 Å². The molecule has 1 amide bonds. The molecule has 2 unspecified atom stereocenters. The van der Waals surface area contributed by atoms with Gasteiger partial charge in [0.2, 0.25) is 5.91 Å². The topological polar surface area (TPSA) is 57.6 Å². The molecule has 0 aromatic rings. The minimum atomic E-state index is -0.765. The van der Waals surface area contributed by atoms with Gasteiger partial charge in [0.1, 0.15) is 0 Å². The van der Waals surface area contributed by atoms with Crippen molar-refractivity contribution in [3.8, 4) is 0 Å². The van der Waals surface area contributed by atoms with Gasteiger partial charge in [-0.15, -0.1) is 0 Å². The number of carboxylic acids is 1. The Morgan fingerprint density at radius 2 is 1.76 bits per heavy atom. The van der Waals surface area contributed by atoms with E-state index in [4.69, 9.17) is 5.11 Å². The van der Waals surface area contributed by atoms with Crippen LogP contribution in [0.15, 0.2) is 0 Å². The molecule has 1 aliphatic carbocycles. The van der Waals surface area contributed by atoms with Crippen molar-refractivity contribution in [2.75, 3.05) is 13.6 Å². The van der Waals surface area contributed by atoms with Gasteiger partial charge in [-0.3, -0.25) is 9.59 Å². The number of aliphatic carboxylic acids is 1. The van der Waals surface area contributed by atoms with Crippen molar-refractivity contribution in [3.63, 3.8) is 0 Å². The standard InChI is InChI=1S/C13H23NO3/c1-13(2,3)8-14(4)11(15)9-5-6-10(7-9)12(16)17/h9-10H,5-8H2,1-4H3,(H,16,17). The Hall–Kier alpha value is -1.06. The molecule has 1 N–H and O–H groups in total. The summed E-state index contributed by atoms with van der Waals surface area (Å²) in [5.74, 6) is -1.09. The maximum Gasteiger partial charge on any atom is 0.306 e. The monoisotopic (exact) mass is 241 g/mol. The summed E-state index contributed by atoms with van der Waals surface area (Å²) in [6, 6.07) is 0. The van der Waals surface area contributed by atoms with Gasteiger partial charge >= 0.3 is 5.97 Å². The second-order valence-electron chi connectivity index (χ2n) is 6.30. The van der Waals surface area contributed by atoms with Crippen molar-refractivity contribution in [2.45, 2.75) is 40.0 Å². The van der Waals surface area contributed by atoms with Crippen LogP contribution in [0.2, 0.25) is 0 Å². The lowest BCUT2D eigenvalue weighted by molar-refractivity contribution is -0.141. The van der Waals surface area contributed by atoms with E-state index in [1.165, 1.54) is 0 Å². The normalized spacial score (nSPS) is 24.7. The van der Waals surface area contributed by atoms with Crippen LogP contribution in [0.5, 0.6) is 0 Å². The van der Waals surface area contributed by atoms with Crippen LogP contribution in [-0.4, -0.2) is 35.5 Å². The zero-order valence-corrected chi connectivity index (χ0v) is 11.2. The number of rotatable bonds is 3. The minimum Gasteiger partial charge on any atom is -0.481 e. The second kappa shape index (κ2) is 5.07. The minimum absolute atomic E-state index is 0.0786. The molecule has 98 valence electrons. The van der Waals surface area contributed by atoms with Crippen molar-refractivity contribution in [3.05, 3.63) is 0 Å². The summed E-state index contributed by atoms with van der Waals surface area (Å²) in [6.45, 7) is 6.97. The molecule has 1 aliphatic rings. The molecule has 0 aromatic heterocycles. The summed E-state index contributed by atoms with van der Waals surface area (Å²) in [5.41, 5.74) is 0.0786. The highest BCUT2D eigenvalue weighted by Gasteiger charge is 2.35. The summed E-state index contributed by atoms with van der Waals surface area (Å²) >= 11 is 0. The first-order chi connectivity index (χ1) is 7.70. The van der Waals surface area contributed by atoms with E-state index < -0.39 is 5.97 Å². The summed E-state index contributed by atoms with van der Waals surface area (Å²) in [6.07, 6.45) is 1.85. The van der Waals surface area contributed by atoms with Gasteiger partial charge in [-0.1, -0.05) is 20.8 Å². The first kappa shape index (κ1) is 14.0. The molecular formula is C13H23NO3. The summed E-state index contributed by atoms with van der Waals surface area (Å²) in [7, 11) is 1.81. The lowest BCUT2D eigenvalue weighted by Crippen LogP contribution is -2.37. The summed E-state index contributed by atoms with van der Waals surface area (Å²) in [5, 5.41) is 8.91. The fourth-order valence-corrected chi connectivity index (χ4v) is 2.53. The molecule has 0 aliphatic heterocycles. The van der Waals surface area contributed by atoms with Crippen molar-refractivity contribution in [1.82, 2.24) is 4.90 Å². The second-order valence-corrected chi connectivity index (χ2v) is 6.30. The van der Waals surface area contributed by atoms with Crippen LogP contribution < -0.4 is 0 Å². The van der Waals surface area contributed by atoms with Gasteiger partial charge in [-0.05, 0) is 24.7 Å². The SMILES string of the molecule is CN(CC(C)(C)C)C(=O)C1CCC(C(=O)O)C1. The van der Waals surface area contributed by atoms with Gasteiger partial charge < -0.3 is 10.0 Å². The van der Waals surface area contributed by atoms with E-state index in [1.807, 2.05) is 7.05 Å². The third-order valence-electron chi connectivity index (χ3n) is 3.22. The lowest BCUT2D eigenvalue weighted by atomic mass is 9.95. The summed E-state index contributed by atoms with van der Waals surface area (Å²) < 4.78 is 0. The van der Waals surface area contributed by atoms with E-state index in [2.05, 4.69) is 20.8 Å². The molecule has 1 rings (SSSR count). The van der Waals surface area contributed by atoms with Crippen LogP contribution >= 0.6 is 0 Å². The number of hydrogen-bond acceptors (Lipinski definition) is 2. The Kier molecular flexibility index (Phi) is 4.17. The van der Waals surface area contributed by atoms with Crippen LogP contribution in [-0.2, 0) is 9.59 Å². The quantitative estimate of drug-likeness (QED) is 0.822. The van der Waals surface area contributed by atoms with Crippen LogP contribution in [0, 0.1) is 17.3 Å². The molecule has 0 saturated heterocycles. The predicted molar refractivity (Wildman–Crippen MR) is 65.6 cm³/mol. The third-order valence-corrected chi connectivity index (χ3v) is 3.22. The smallest absolute Gasteiger partial charge is 0.306 e. The fraction of sp³-hybridized carbons (Fsp3) is 0.846. The Bertz CT molecular complexity index is 306. The van der Waals surface area contributed by atoms with Crippen molar-refractivity contribution >= 4 is 11.9 Å². The molecule has 0 bridgehead atoms. The molecule has 17 heavy (non-hydrogen) atoms. The number of amides is 1. The maximum absolute atomic E-state index is 12.1. The molecule has 0 aromatic carbocycles. The number of hydrogen-bond donors (Lipinski definition) is 1. The van der Waals surface area contributed by atoms with E-state index in [0.717, 1.165) is 0 Å². The Morgan fingerprint density at radius 1 is 1.24 bits per heavy atom. The average molecular weight is 241 g/mol. The third kappa shape index (κ3) is 4.02. The van der Waals surface area contributed by atoms with Crippen LogP contribution in [0.3, 0.4) is 0 Å². The molecule has 0 radical (unpaired) electrons. The molecule has 2 atom stereocenters. The van der Waals surface area contributed by atoms with Gasteiger partial charge in [-0.25, -0.2) is 0 Å². The van der Waals surface area contributed by atoms with Gasteiger partial charge in [0.25, 0.3) is 0 Å². The van der Waals surface area contributed by atoms with E-state index >= 15 is 0 Å². The van der Waals surface area contributed by atoms with Gasteiger partial charge in [-0.2, -0.15) is 0 Å². The molecule has 4 nitrogen and oxygen atoms in total. The van der Waals surface area contributed by atoms with Gasteiger partial charge in [0.15, 0.2) is 0 Å². The molecular weight excluding hydrogens is 218 g/mol. The first-order valence-corrected chi connectivity index (χ1v) is 6.18. The van der Waals surface area contributed by atoms with Crippen molar-refractivity contribution < 1.29 is 14.7 Å². The predicted octanol–water partition coefficient (Wildman–Crippen LogP) is 1.99. The largest absolute Gasteiger partial charge is 0.481 e. The van der Waals surface area contributed by atoms with E-state index in [0.29, 0.717) is 25.8 Å². The highest BCUT2D eigenvalue weighted by atomic mass is 16.4. The number of carbonyl (C=O) groups excluding carboxylic acids is 1. The lowest BCUT2D eigenvalue weighted by Gasteiger charge is -2.28. The van der Waals surface area contributed by atoms with Gasteiger partial charge in [0.05, 0.1) is 5.92 Å². The van der Waals surface area contributed by atoms with Crippen molar-refractivity contribution in [2.24, 2.45) is 17.3 Å².